The van der Waals surface area contributed by atoms with E-state index < -0.39 is 0 Å². The second-order valence-corrected chi connectivity index (χ2v) is 9.03. The standard InChI is InChI=1S/C22H28N6O2S/c1-4-27-9-11-28(12-10-27)16-7-5-15(6-8-16)21(29)24-20-19-17(25-26-20)13-18(31-19)22(30)23-14(2)3/h5-8,13-14H,4,9-12H2,1-3H3,(H,23,30)(H2,24,25,26,29). The first-order chi connectivity index (χ1) is 14.9. The predicted molar refractivity (Wildman–Crippen MR) is 125 cm³/mol. The van der Waals surface area contributed by atoms with Gasteiger partial charge < -0.3 is 20.4 Å². The molecule has 1 aliphatic heterocycles. The predicted octanol–water partition coefficient (Wildman–Crippen LogP) is 3.16. The molecular weight excluding hydrogens is 412 g/mol. The third-order valence-electron chi connectivity index (χ3n) is 5.42. The lowest BCUT2D eigenvalue weighted by Gasteiger charge is -2.35. The first-order valence-electron chi connectivity index (χ1n) is 10.6. The number of likely N-dealkylation sites (N-methyl/N-ethyl adjacent to an activating group) is 1. The third-order valence-corrected chi connectivity index (χ3v) is 6.57. The molecule has 0 bridgehead atoms. The molecular formula is C22H28N6O2S. The molecule has 0 radical (unpaired) electrons. The molecule has 0 unspecified atom stereocenters. The summed E-state index contributed by atoms with van der Waals surface area (Å²) in [5.74, 6) is 0.0860. The van der Waals surface area contributed by atoms with Crippen molar-refractivity contribution >= 4 is 44.9 Å². The number of H-pyrrole nitrogens is 1. The number of rotatable bonds is 6. The number of carbonyl (C=O) groups excluding carboxylic acids is 2. The maximum atomic E-state index is 12.8. The van der Waals surface area contributed by atoms with Crippen LogP contribution in [0.2, 0.25) is 0 Å². The maximum Gasteiger partial charge on any atom is 0.261 e. The highest BCUT2D eigenvalue weighted by atomic mass is 32.1. The minimum absolute atomic E-state index is 0.0590. The Morgan fingerprint density at radius 2 is 1.84 bits per heavy atom. The fourth-order valence-electron chi connectivity index (χ4n) is 3.67. The first-order valence-corrected chi connectivity index (χ1v) is 11.4. The number of fused-ring (bicyclic) bond motifs is 1. The van der Waals surface area contributed by atoms with E-state index in [-0.39, 0.29) is 17.9 Å². The number of aromatic nitrogens is 2. The van der Waals surface area contributed by atoms with Gasteiger partial charge in [0.1, 0.15) is 0 Å². The Kier molecular flexibility index (Phi) is 6.24. The van der Waals surface area contributed by atoms with Gasteiger partial charge in [-0.3, -0.25) is 14.7 Å². The molecule has 2 aromatic heterocycles. The van der Waals surface area contributed by atoms with Crippen LogP contribution in [0.5, 0.6) is 0 Å². The highest BCUT2D eigenvalue weighted by Crippen LogP contribution is 2.30. The molecule has 3 aromatic rings. The molecule has 8 nitrogen and oxygen atoms in total. The Labute approximate surface area is 185 Å². The van der Waals surface area contributed by atoms with E-state index in [0.29, 0.717) is 16.3 Å². The summed E-state index contributed by atoms with van der Waals surface area (Å²) in [6, 6.07) is 9.50. The van der Waals surface area contributed by atoms with Crippen LogP contribution in [0.1, 0.15) is 40.8 Å². The Morgan fingerprint density at radius 3 is 2.48 bits per heavy atom. The number of aromatic amines is 1. The molecule has 3 N–H and O–H groups in total. The Hall–Kier alpha value is -2.91. The van der Waals surface area contributed by atoms with Crippen molar-refractivity contribution in [3.63, 3.8) is 0 Å². The van der Waals surface area contributed by atoms with Gasteiger partial charge in [0, 0.05) is 43.5 Å². The average Bonchev–Trinajstić information content (AvgIpc) is 3.35. The number of benzene rings is 1. The maximum absolute atomic E-state index is 12.8. The lowest BCUT2D eigenvalue weighted by Crippen LogP contribution is -2.46. The number of piperazine rings is 1. The van der Waals surface area contributed by atoms with E-state index in [0.717, 1.165) is 48.6 Å². The molecule has 0 atom stereocenters. The number of nitrogens with zero attached hydrogens (tertiary/aromatic N) is 3. The van der Waals surface area contributed by atoms with Crippen molar-refractivity contribution in [1.29, 1.82) is 0 Å². The number of hydrogen-bond donors (Lipinski definition) is 3. The number of amides is 2. The molecule has 31 heavy (non-hydrogen) atoms. The van der Waals surface area contributed by atoms with Crippen molar-refractivity contribution in [2.45, 2.75) is 26.8 Å². The SMILES string of the molecule is CCN1CCN(c2ccc(C(=O)Nc3n[nH]c4cc(C(=O)NC(C)C)sc34)cc2)CC1. The van der Waals surface area contributed by atoms with E-state index >= 15 is 0 Å². The van der Waals surface area contributed by atoms with Crippen LogP contribution in [0, 0.1) is 0 Å². The zero-order valence-electron chi connectivity index (χ0n) is 18.1. The van der Waals surface area contributed by atoms with Crippen LogP contribution in [0.15, 0.2) is 30.3 Å². The zero-order valence-corrected chi connectivity index (χ0v) is 18.9. The van der Waals surface area contributed by atoms with Crippen LogP contribution in [0.3, 0.4) is 0 Å². The molecule has 9 heteroatoms. The summed E-state index contributed by atoms with van der Waals surface area (Å²) in [6.07, 6.45) is 0. The van der Waals surface area contributed by atoms with Crippen LogP contribution in [0.25, 0.3) is 10.2 Å². The highest BCUT2D eigenvalue weighted by Gasteiger charge is 2.19. The molecule has 1 saturated heterocycles. The smallest absolute Gasteiger partial charge is 0.261 e. The highest BCUT2D eigenvalue weighted by molar-refractivity contribution is 7.21. The summed E-state index contributed by atoms with van der Waals surface area (Å²) in [7, 11) is 0. The van der Waals surface area contributed by atoms with Gasteiger partial charge in [-0.1, -0.05) is 6.92 Å². The van der Waals surface area contributed by atoms with Gasteiger partial charge in [0.15, 0.2) is 5.82 Å². The second-order valence-electron chi connectivity index (χ2n) is 7.98. The molecule has 1 fully saturated rings. The number of nitrogens with one attached hydrogen (secondary N) is 3. The average molecular weight is 441 g/mol. The minimum atomic E-state index is -0.225. The Balaban J connectivity index is 1.43. The molecule has 1 aliphatic rings. The van der Waals surface area contributed by atoms with E-state index in [4.69, 9.17) is 0 Å². The van der Waals surface area contributed by atoms with Gasteiger partial charge in [0.05, 0.1) is 15.1 Å². The summed E-state index contributed by atoms with van der Waals surface area (Å²) in [4.78, 5) is 30.4. The van der Waals surface area contributed by atoms with Crippen molar-refractivity contribution in [2.24, 2.45) is 0 Å². The van der Waals surface area contributed by atoms with Gasteiger partial charge in [0.25, 0.3) is 11.8 Å². The van der Waals surface area contributed by atoms with Crippen LogP contribution in [0.4, 0.5) is 11.5 Å². The summed E-state index contributed by atoms with van der Waals surface area (Å²) in [5.41, 5.74) is 2.44. The largest absolute Gasteiger partial charge is 0.369 e. The number of hydrogen-bond acceptors (Lipinski definition) is 6. The number of carbonyl (C=O) groups is 2. The fraction of sp³-hybridized carbons (Fsp3) is 0.409. The Morgan fingerprint density at radius 1 is 1.13 bits per heavy atom. The molecule has 4 rings (SSSR count). The van der Waals surface area contributed by atoms with Gasteiger partial charge in [-0.2, -0.15) is 5.10 Å². The molecule has 1 aromatic carbocycles. The van der Waals surface area contributed by atoms with Crippen LogP contribution in [-0.4, -0.2) is 65.7 Å². The topological polar surface area (TPSA) is 93.4 Å². The van der Waals surface area contributed by atoms with E-state index in [1.54, 1.807) is 6.07 Å². The van der Waals surface area contributed by atoms with E-state index in [1.165, 1.54) is 11.3 Å². The van der Waals surface area contributed by atoms with Crippen molar-refractivity contribution in [3.8, 4) is 0 Å². The quantitative estimate of drug-likeness (QED) is 0.548. The van der Waals surface area contributed by atoms with Gasteiger partial charge >= 0.3 is 0 Å². The molecule has 0 saturated carbocycles. The monoisotopic (exact) mass is 440 g/mol. The number of anilines is 2. The van der Waals surface area contributed by atoms with Crippen LogP contribution >= 0.6 is 11.3 Å². The van der Waals surface area contributed by atoms with Crippen molar-refractivity contribution in [2.75, 3.05) is 42.9 Å². The molecule has 0 spiro atoms. The first kappa shape index (κ1) is 21.3. The molecule has 2 amide bonds. The molecule has 3 heterocycles. The second kappa shape index (κ2) is 9.07. The number of thiophene rings is 1. The van der Waals surface area contributed by atoms with Crippen molar-refractivity contribution in [1.82, 2.24) is 20.4 Å². The van der Waals surface area contributed by atoms with Crippen molar-refractivity contribution in [3.05, 3.63) is 40.8 Å². The summed E-state index contributed by atoms with van der Waals surface area (Å²) in [6.45, 7) is 11.2. The van der Waals surface area contributed by atoms with E-state index in [1.807, 2.05) is 38.1 Å². The van der Waals surface area contributed by atoms with Crippen molar-refractivity contribution < 1.29 is 9.59 Å². The third kappa shape index (κ3) is 4.72. The van der Waals surface area contributed by atoms with Gasteiger partial charge in [0.2, 0.25) is 0 Å². The van der Waals surface area contributed by atoms with Crippen LogP contribution in [-0.2, 0) is 0 Å². The summed E-state index contributed by atoms with van der Waals surface area (Å²) < 4.78 is 0.757. The zero-order chi connectivity index (χ0) is 22.0. The molecule has 0 aliphatic carbocycles. The lowest BCUT2D eigenvalue weighted by atomic mass is 10.1. The van der Waals surface area contributed by atoms with E-state index in [2.05, 4.69) is 37.6 Å². The summed E-state index contributed by atoms with van der Waals surface area (Å²) >= 11 is 1.31. The fourth-order valence-corrected chi connectivity index (χ4v) is 4.63. The van der Waals surface area contributed by atoms with Crippen LogP contribution < -0.4 is 15.5 Å². The van der Waals surface area contributed by atoms with Gasteiger partial charge in [-0.05, 0) is 50.7 Å². The van der Waals surface area contributed by atoms with E-state index in [9.17, 15) is 9.59 Å². The lowest BCUT2D eigenvalue weighted by molar-refractivity contribution is 0.0946. The van der Waals surface area contributed by atoms with Gasteiger partial charge in [-0.15, -0.1) is 11.3 Å². The Bertz CT molecular complexity index is 1060. The minimum Gasteiger partial charge on any atom is -0.369 e. The van der Waals surface area contributed by atoms with Gasteiger partial charge in [-0.25, -0.2) is 0 Å². The normalized spacial score (nSPS) is 14.9. The molecule has 164 valence electrons. The summed E-state index contributed by atoms with van der Waals surface area (Å²) in [5, 5.41) is 12.8.